The highest BCUT2D eigenvalue weighted by Crippen LogP contribution is 2.46. The predicted octanol–water partition coefficient (Wildman–Crippen LogP) is 3.62. The lowest BCUT2D eigenvalue weighted by Gasteiger charge is -2.37. The second-order valence-corrected chi connectivity index (χ2v) is 8.94. The topological polar surface area (TPSA) is 81.7 Å². The van der Waals surface area contributed by atoms with Gasteiger partial charge in [-0.25, -0.2) is 4.79 Å². The van der Waals surface area contributed by atoms with Gasteiger partial charge in [0.05, 0.1) is 25.2 Å². The molecule has 3 rings (SSSR count). The Labute approximate surface area is 175 Å². The standard InChI is InChI=1S/C22H27NO5S/c1-6-9-28-22(26)17-13(4)23-14-10-11(2)16(21(25)27-5)20(24)18(14)19(17)15-8-7-12(3)29-15/h7-8,11,16,19,23H,6,9-10H2,1-5H3/t11-,16+,19-/m1/s1. The van der Waals surface area contributed by atoms with Gasteiger partial charge in [0.15, 0.2) is 5.78 Å². The Kier molecular flexibility index (Phi) is 6.27. The Balaban J connectivity index is 2.13. The zero-order chi connectivity index (χ0) is 21.3. The van der Waals surface area contributed by atoms with Crippen LogP contribution >= 0.6 is 11.3 Å². The summed E-state index contributed by atoms with van der Waals surface area (Å²) in [5, 5.41) is 3.26. The van der Waals surface area contributed by atoms with E-state index in [2.05, 4.69) is 5.32 Å². The van der Waals surface area contributed by atoms with Gasteiger partial charge in [0, 0.05) is 26.7 Å². The minimum absolute atomic E-state index is 0.187. The summed E-state index contributed by atoms with van der Waals surface area (Å²) in [4.78, 5) is 40.7. The number of nitrogens with one attached hydrogen (secondary N) is 1. The van der Waals surface area contributed by atoms with E-state index >= 15 is 0 Å². The number of hydrogen-bond donors (Lipinski definition) is 1. The molecule has 0 unspecified atom stereocenters. The van der Waals surface area contributed by atoms with Gasteiger partial charge in [-0.1, -0.05) is 13.8 Å². The molecule has 1 aliphatic heterocycles. The third kappa shape index (κ3) is 3.88. The number of Topliss-reactive ketones (excluding diaryl/α,β-unsaturated/α-hetero) is 1. The van der Waals surface area contributed by atoms with Crippen molar-refractivity contribution in [2.75, 3.05) is 13.7 Å². The quantitative estimate of drug-likeness (QED) is 0.582. The molecule has 0 spiro atoms. The lowest BCUT2D eigenvalue weighted by Crippen LogP contribution is -2.43. The number of hydrogen-bond acceptors (Lipinski definition) is 7. The summed E-state index contributed by atoms with van der Waals surface area (Å²) in [5.74, 6) is -2.83. The molecule has 2 aliphatic rings. The number of carbonyl (C=O) groups is 3. The van der Waals surface area contributed by atoms with Crippen molar-refractivity contribution in [3.63, 3.8) is 0 Å². The third-order valence-corrected chi connectivity index (χ3v) is 6.51. The van der Waals surface area contributed by atoms with Gasteiger partial charge in [0.2, 0.25) is 0 Å². The fourth-order valence-corrected chi connectivity index (χ4v) is 5.11. The molecule has 1 aliphatic carbocycles. The average Bonchev–Trinajstić information content (AvgIpc) is 3.10. The zero-order valence-electron chi connectivity index (χ0n) is 17.5. The number of rotatable bonds is 5. The van der Waals surface area contributed by atoms with Crippen LogP contribution in [0.3, 0.4) is 0 Å². The van der Waals surface area contributed by atoms with Crippen molar-refractivity contribution in [3.8, 4) is 0 Å². The van der Waals surface area contributed by atoms with Crippen LogP contribution in [0.25, 0.3) is 0 Å². The average molecular weight is 418 g/mol. The number of carbonyl (C=O) groups excluding carboxylic acids is 3. The zero-order valence-corrected chi connectivity index (χ0v) is 18.3. The maximum absolute atomic E-state index is 13.5. The minimum atomic E-state index is -0.865. The van der Waals surface area contributed by atoms with Gasteiger partial charge in [-0.2, -0.15) is 0 Å². The summed E-state index contributed by atoms with van der Waals surface area (Å²) in [7, 11) is 1.29. The lowest BCUT2D eigenvalue weighted by atomic mass is 9.70. The Morgan fingerprint density at radius 2 is 2.00 bits per heavy atom. The molecule has 29 heavy (non-hydrogen) atoms. The van der Waals surface area contributed by atoms with E-state index in [0.29, 0.717) is 36.3 Å². The van der Waals surface area contributed by atoms with Crippen LogP contribution in [-0.4, -0.2) is 31.4 Å². The fraction of sp³-hybridized carbons (Fsp3) is 0.500. The molecule has 3 atom stereocenters. The first kappa shape index (κ1) is 21.3. The van der Waals surface area contributed by atoms with E-state index in [1.54, 1.807) is 11.3 Å². The molecule has 6 nitrogen and oxygen atoms in total. The van der Waals surface area contributed by atoms with Gasteiger partial charge in [-0.15, -0.1) is 11.3 Å². The van der Waals surface area contributed by atoms with Crippen molar-refractivity contribution in [2.45, 2.75) is 46.5 Å². The summed E-state index contributed by atoms with van der Waals surface area (Å²) < 4.78 is 10.3. The Morgan fingerprint density at radius 3 is 2.59 bits per heavy atom. The van der Waals surface area contributed by atoms with Gasteiger partial charge in [-0.05, 0) is 44.7 Å². The van der Waals surface area contributed by atoms with E-state index in [1.807, 2.05) is 39.8 Å². The Morgan fingerprint density at radius 1 is 1.28 bits per heavy atom. The first-order valence-electron chi connectivity index (χ1n) is 9.86. The normalized spacial score (nSPS) is 24.2. The number of thiophene rings is 1. The number of aryl methyl sites for hydroxylation is 1. The molecule has 0 bridgehead atoms. The summed E-state index contributed by atoms with van der Waals surface area (Å²) in [5.41, 5.74) is 2.39. The molecule has 0 saturated carbocycles. The molecule has 2 heterocycles. The summed E-state index contributed by atoms with van der Waals surface area (Å²) in [6.07, 6.45) is 1.25. The van der Waals surface area contributed by atoms with Gasteiger partial charge >= 0.3 is 11.9 Å². The predicted molar refractivity (Wildman–Crippen MR) is 110 cm³/mol. The van der Waals surface area contributed by atoms with E-state index in [1.165, 1.54) is 7.11 Å². The lowest BCUT2D eigenvalue weighted by molar-refractivity contribution is -0.151. The highest BCUT2D eigenvalue weighted by Gasteiger charge is 2.47. The number of dihydropyridines is 1. The first-order valence-corrected chi connectivity index (χ1v) is 10.7. The van der Waals surface area contributed by atoms with Gasteiger partial charge in [-0.3, -0.25) is 9.59 Å². The number of ketones is 1. The second kappa shape index (κ2) is 8.53. The van der Waals surface area contributed by atoms with E-state index in [-0.39, 0.29) is 11.7 Å². The van der Waals surface area contributed by atoms with Crippen LogP contribution in [-0.2, 0) is 23.9 Å². The van der Waals surface area contributed by atoms with Crippen LogP contribution in [0.5, 0.6) is 0 Å². The second-order valence-electron chi connectivity index (χ2n) is 7.62. The van der Waals surface area contributed by atoms with Crippen LogP contribution in [0.1, 0.15) is 49.3 Å². The number of allylic oxidation sites excluding steroid dienone is 3. The maximum atomic E-state index is 13.5. The molecule has 1 aromatic rings. The summed E-state index contributed by atoms with van der Waals surface area (Å²) in [6.45, 7) is 7.94. The fourth-order valence-electron chi connectivity index (χ4n) is 4.12. The first-order chi connectivity index (χ1) is 13.8. The molecular formula is C22H27NO5S. The van der Waals surface area contributed by atoms with Crippen molar-refractivity contribution in [1.82, 2.24) is 5.32 Å². The van der Waals surface area contributed by atoms with Crippen LogP contribution in [0.2, 0.25) is 0 Å². The summed E-state index contributed by atoms with van der Waals surface area (Å²) in [6, 6.07) is 3.92. The molecule has 156 valence electrons. The van der Waals surface area contributed by atoms with E-state index in [0.717, 1.165) is 15.5 Å². The van der Waals surface area contributed by atoms with Crippen LogP contribution in [0.15, 0.2) is 34.7 Å². The number of methoxy groups -OCH3 is 1. The highest BCUT2D eigenvalue weighted by molar-refractivity contribution is 7.12. The minimum Gasteiger partial charge on any atom is -0.468 e. The number of ether oxygens (including phenoxy) is 2. The molecule has 0 radical (unpaired) electrons. The van der Waals surface area contributed by atoms with E-state index < -0.39 is 23.8 Å². The van der Waals surface area contributed by atoms with Gasteiger partial charge in [0.25, 0.3) is 0 Å². The molecule has 0 fully saturated rings. The van der Waals surface area contributed by atoms with Crippen molar-refractivity contribution in [1.29, 1.82) is 0 Å². The monoisotopic (exact) mass is 417 g/mol. The SMILES string of the molecule is CCCOC(=O)C1=C(C)NC2=C(C(=O)[C@@H](C(=O)OC)[C@H](C)C2)[C@@H]1c1ccc(C)s1. The Bertz CT molecular complexity index is 910. The molecule has 7 heteroatoms. The molecule has 0 saturated heterocycles. The van der Waals surface area contributed by atoms with Crippen LogP contribution in [0, 0.1) is 18.8 Å². The van der Waals surface area contributed by atoms with Crippen molar-refractivity contribution < 1.29 is 23.9 Å². The number of esters is 2. The third-order valence-electron chi connectivity index (χ3n) is 5.45. The Hall–Kier alpha value is -2.41. The largest absolute Gasteiger partial charge is 0.468 e. The van der Waals surface area contributed by atoms with Gasteiger partial charge in [0.1, 0.15) is 5.92 Å². The molecular weight excluding hydrogens is 390 g/mol. The van der Waals surface area contributed by atoms with Crippen LogP contribution in [0.4, 0.5) is 0 Å². The van der Waals surface area contributed by atoms with Crippen molar-refractivity contribution in [3.05, 3.63) is 44.4 Å². The van der Waals surface area contributed by atoms with Crippen molar-refractivity contribution >= 4 is 29.1 Å². The van der Waals surface area contributed by atoms with Crippen molar-refractivity contribution in [2.24, 2.45) is 11.8 Å². The summed E-state index contributed by atoms with van der Waals surface area (Å²) >= 11 is 1.54. The molecule has 1 N–H and O–H groups in total. The molecule has 0 aromatic carbocycles. The molecule has 0 amide bonds. The molecule has 1 aromatic heterocycles. The van der Waals surface area contributed by atoms with E-state index in [9.17, 15) is 14.4 Å². The highest BCUT2D eigenvalue weighted by atomic mass is 32.1. The smallest absolute Gasteiger partial charge is 0.336 e. The maximum Gasteiger partial charge on any atom is 0.336 e. The van der Waals surface area contributed by atoms with E-state index in [4.69, 9.17) is 9.47 Å². The van der Waals surface area contributed by atoms with Crippen LogP contribution < -0.4 is 5.32 Å². The van der Waals surface area contributed by atoms with Gasteiger partial charge < -0.3 is 14.8 Å².